The van der Waals surface area contributed by atoms with Crippen molar-refractivity contribution in [1.82, 2.24) is 4.98 Å². The third kappa shape index (κ3) is 2.93. The Hall–Kier alpha value is -0.650. The van der Waals surface area contributed by atoms with E-state index in [2.05, 4.69) is 58.6 Å². The Balaban J connectivity index is 2.67. The number of nitrogens with one attached hydrogen (secondary N) is 1. The molecule has 19 heavy (non-hydrogen) atoms. The van der Waals surface area contributed by atoms with E-state index >= 15 is 0 Å². The molecular weight excluding hydrogens is 292 g/mol. The molecule has 0 radical (unpaired) electrons. The Morgan fingerprint density at radius 2 is 2.00 bits per heavy atom. The van der Waals surface area contributed by atoms with Gasteiger partial charge in [0.1, 0.15) is 4.32 Å². The Bertz CT molecular complexity index is 651. The zero-order valence-electron chi connectivity index (χ0n) is 11.8. The van der Waals surface area contributed by atoms with Crippen LogP contribution in [0.15, 0.2) is 6.07 Å². The van der Waals surface area contributed by atoms with Crippen LogP contribution < -0.4 is 5.32 Å². The predicted octanol–water partition coefficient (Wildman–Crippen LogP) is 4.84. The molecule has 2 aromatic rings. The first kappa shape index (κ1) is 14.8. The molecule has 0 bridgehead atoms. The van der Waals surface area contributed by atoms with Crippen LogP contribution in [0.5, 0.6) is 0 Å². The normalized spacial score (nSPS) is 11.9. The van der Waals surface area contributed by atoms with Gasteiger partial charge in [-0.3, -0.25) is 0 Å². The number of hydrogen-bond donors (Lipinski definition) is 2. The lowest BCUT2D eigenvalue weighted by atomic mass is 9.98. The van der Waals surface area contributed by atoms with Crippen LogP contribution in [0.3, 0.4) is 0 Å². The van der Waals surface area contributed by atoms with E-state index in [-0.39, 0.29) is 5.41 Å². The predicted molar refractivity (Wildman–Crippen MR) is 93.0 cm³/mol. The Kier molecular flexibility index (Phi) is 3.91. The molecule has 0 fully saturated rings. The van der Waals surface area contributed by atoms with E-state index in [9.17, 15) is 0 Å². The van der Waals surface area contributed by atoms with Gasteiger partial charge in [0, 0.05) is 11.1 Å². The van der Waals surface area contributed by atoms with Gasteiger partial charge in [0.05, 0.1) is 15.2 Å². The van der Waals surface area contributed by atoms with Crippen molar-refractivity contribution in [3.05, 3.63) is 22.2 Å². The van der Waals surface area contributed by atoms with Gasteiger partial charge in [-0.25, -0.2) is 4.98 Å². The van der Waals surface area contributed by atoms with Crippen LogP contribution in [-0.4, -0.2) is 9.30 Å². The number of aryl methyl sites for hydroxylation is 2. The first-order chi connectivity index (χ1) is 8.70. The van der Waals surface area contributed by atoms with Crippen molar-refractivity contribution < 1.29 is 0 Å². The summed E-state index contributed by atoms with van der Waals surface area (Å²) in [7, 11) is 0. The summed E-state index contributed by atoms with van der Waals surface area (Å²) in [5.74, 6) is 0. The van der Waals surface area contributed by atoms with E-state index in [1.165, 1.54) is 10.3 Å². The van der Waals surface area contributed by atoms with Gasteiger partial charge in [0.15, 0.2) is 0 Å². The molecular formula is C14H18N2S3. The molecule has 0 aliphatic heterocycles. The Morgan fingerprint density at radius 3 is 2.53 bits per heavy atom. The lowest BCUT2D eigenvalue weighted by molar-refractivity contribution is 0.587. The quantitative estimate of drug-likeness (QED) is 0.582. The van der Waals surface area contributed by atoms with E-state index in [0.29, 0.717) is 4.32 Å². The standard InChI is InChI=1S/C14H18N2S3/c1-7-6-9-11(8(2)10(7)16-13(17)18)19-12(15-9)14(3,4)5/h6H,1-5H3,(H2,16,17,18). The van der Waals surface area contributed by atoms with Crippen LogP contribution in [0, 0.1) is 13.8 Å². The van der Waals surface area contributed by atoms with Crippen molar-refractivity contribution in [2.75, 3.05) is 5.32 Å². The number of thiazole rings is 1. The largest absolute Gasteiger partial charge is 0.341 e. The molecule has 0 spiro atoms. The Labute approximate surface area is 129 Å². The average Bonchev–Trinajstić information content (AvgIpc) is 2.67. The summed E-state index contributed by atoms with van der Waals surface area (Å²) in [6.07, 6.45) is 0. The number of fused-ring (bicyclic) bond motifs is 1. The van der Waals surface area contributed by atoms with E-state index in [4.69, 9.17) is 17.2 Å². The number of aromatic nitrogens is 1. The molecule has 0 aliphatic rings. The van der Waals surface area contributed by atoms with Crippen molar-refractivity contribution in [3.63, 3.8) is 0 Å². The Morgan fingerprint density at radius 1 is 1.37 bits per heavy atom. The van der Waals surface area contributed by atoms with Gasteiger partial charge in [-0.05, 0) is 31.0 Å². The average molecular weight is 311 g/mol. The highest BCUT2D eigenvalue weighted by Crippen LogP contribution is 2.37. The summed E-state index contributed by atoms with van der Waals surface area (Å²) in [5.41, 5.74) is 4.54. The van der Waals surface area contributed by atoms with Crippen LogP contribution in [0.2, 0.25) is 0 Å². The molecule has 2 nitrogen and oxygen atoms in total. The third-order valence-corrected chi connectivity index (χ3v) is 4.82. The minimum atomic E-state index is 0.0798. The summed E-state index contributed by atoms with van der Waals surface area (Å²) in [4.78, 5) is 4.76. The molecule has 0 aliphatic carbocycles. The summed E-state index contributed by atoms with van der Waals surface area (Å²) in [6, 6.07) is 2.11. The fourth-order valence-corrected chi connectivity index (χ4v) is 3.33. The number of thiocarbonyl (C=S) groups is 1. The van der Waals surface area contributed by atoms with Gasteiger partial charge in [-0.15, -0.1) is 24.0 Å². The van der Waals surface area contributed by atoms with Crippen molar-refractivity contribution in [3.8, 4) is 0 Å². The maximum absolute atomic E-state index is 5.02. The van der Waals surface area contributed by atoms with Gasteiger partial charge in [0.25, 0.3) is 0 Å². The van der Waals surface area contributed by atoms with Crippen LogP contribution in [0.1, 0.15) is 36.9 Å². The van der Waals surface area contributed by atoms with E-state index in [0.717, 1.165) is 21.8 Å². The lowest BCUT2D eigenvalue weighted by Gasteiger charge is -2.13. The first-order valence-corrected chi connectivity index (χ1v) is 7.78. The molecule has 0 atom stereocenters. The first-order valence-electron chi connectivity index (χ1n) is 6.11. The van der Waals surface area contributed by atoms with E-state index in [1.54, 1.807) is 11.3 Å². The molecule has 0 saturated carbocycles. The molecule has 5 heteroatoms. The van der Waals surface area contributed by atoms with Crippen LogP contribution in [0.25, 0.3) is 10.2 Å². The minimum absolute atomic E-state index is 0.0798. The maximum Gasteiger partial charge on any atom is 0.135 e. The SMILES string of the molecule is Cc1cc2nc(C(C)(C)C)sc2c(C)c1NC(=S)S. The van der Waals surface area contributed by atoms with E-state index < -0.39 is 0 Å². The maximum atomic E-state index is 5.02. The van der Waals surface area contributed by atoms with Gasteiger partial charge in [0.2, 0.25) is 0 Å². The molecule has 0 unspecified atom stereocenters. The van der Waals surface area contributed by atoms with Crippen LogP contribution >= 0.6 is 36.2 Å². The summed E-state index contributed by atoms with van der Waals surface area (Å²) in [5, 5.41) is 4.32. The van der Waals surface area contributed by atoms with Crippen molar-refractivity contribution >= 4 is 56.4 Å². The molecule has 2 rings (SSSR count). The van der Waals surface area contributed by atoms with Crippen molar-refractivity contribution in [1.29, 1.82) is 0 Å². The van der Waals surface area contributed by atoms with Gasteiger partial charge in [-0.2, -0.15) is 0 Å². The molecule has 1 N–H and O–H groups in total. The smallest absolute Gasteiger partial charge is 0.135 e. The highest BCUT2D eigenvalue weighted by atomic mass is 32.1. The molecule has 102 valence electrons. The molecule has 1 heterocycles. The topological polar surface area (TPSA) is 24.9 Å². The van der Waals surface area contributed by atoms with Crippen LogP contribution in [-0.2, 0) is 5.41 Å². The van der Waals surface area contributed by atoms with Gasteiger partial charge in [-0.1, -0.05) is 33.0 Å². The van der Waals surface area contributed by atoms with Crippen molar-refractivity contribution in [2.45, 2.75) is 40.0 Å². The second kappa shape index (κ2) is 5.04. The molecule has 0 amide bonds. The van der Waals surface area contributed by atoms with E-state index in [1.807, 2.05) is 0 Å². The second-order valence-corrected chi connectivity index (χ2v) is 7.90. The second-order valence-electron chi connectivity index (χ2n) is 5.74. The fourth-order valence-electron chi connectivity index (χ4n) is 2.01. The summed E-state index contributed by atoms with van der Waals surface area (Å²) < 4.78 is 1.72. The highest BCUT2D eigenvalue weighted by Gasteiger charge is 2.20. The number of benzene rings is 1. The zero-order valence-corrected chi connectivity index (χ0v) is 14.3. The highest BCUT2D eigenvalue weighted by molar-refractivity contribution is 8.11. The van der Waals surface area contributed by atoms with Crippen LogP contribution in [0.4, 0.5) is 5.69 Å². The van der Waals surface area contributed by atoms with Gasteiger partial charge >= 0.3 is 0 Å². The summed E-state index contributed by atoms with van der Waals surface area (Å²) in [6.45, 7) is 10.7. The fraction of sp³-hybridized carbons (Fsp3) is 0.429. The van der Waals surface area contributed by atoms with Gasteiger partial charge < -0.3 is 5.32 Å². The number of thiol groups is 1. The number of rotatable bonds is 1. The third-order valence-electron chi connectivity index (χ3n) is 2.99. The monoisotopic (exact) mass is 310 g/mol. The summed E-state index contributed by atoms with van der Waals surface area (Å²) >= 11 is 10.9. The lowest BCUT2D eigenvalue weighted by Crippen LogP contribution is -2.09. The van der Waals surface area contributed by atoms with Crippen molar-refractivity contribution in [2.24, 2.45) is 0 Å². The molecule has 1 aromatic carbocycles. The molecule has 0 saturated heterocycles. The number of hydrogen-bond acceptors (Lipinski definition) is 3. The molecule has 1 aromatic heterocycles. The minimum Gasteiger partial charge on any atom is -0.341 e. The zero-order chi connectivity index (χ0) is 14.4. The number of nitrogens with zero attached hydrogens (tertiary/aromatic N) is 1. The number of anilines is 1.